The molecular formula is C15H16NP. The number of para-hydroxylation sites is 1. The van der Waals surface area contributed by atoms with Crippen molar-refractivity contribution < 1.29 is 0 Å². The van der Waals surface area contributed by atoms with E-state index < -0.39 is 0 Å². The number of rotatable bonds is 0. The van der Waals surface area contributed by atoms with Gasteiger partial charge in [0.15, 0.2) is 0 Å². The van der Waals surface area contributed by atoms with E-state index in [1.807, 2.05) is 0 Å². The van der Waals surface area contributed by atoms with E-state index in [1.165, 1.54) is 27.4 Å². The molecule has 0 saturated carbocycles. The molecule has 1 atom stereocenters. The van der Waals surface area contributed by atoms with Crippen LogP contribution in [0.3, 0.4) is 0 Å². The van der Waals surface area contributed by atoms with Crippen molar-refractivity contribution in [1.29, 1.82) is 0 Å². The summed E-state index contributed by atoms with van der Waals surface area (Å²) in [5.74, 6) is 0. The first-order chi connectivity index (χ1) is 8.27. The largest absolute Gasteiger partial charge is 0.325 e. The van der Waals surface area contributed by atoms with E-state index in [4.69, 9.17) is 0 Å². The summed E-state index contributed by atoms with van der Waals surface area (Å²) < 4.78 is 2.17. The molecule has 2 heteroatoms. The van der Waals surface area contributed by atoms with Crippen LogP contribution in [0.4, 0.5) is 0 Å². The van der Waals surface area contributed by atoms with Crippen molar-refractivity contribution in [2.75, 3.05) is 0 Å². The van der Waals surface area contributed by atoms with Gasteiger partial charge in [0.1, 0.15) is 0 Å². The van der Waals surface area contributed by atoms with E-state index in [9.17, 15) is 0 Å². The normalized spacial score (nSPS) is 10.2. The van der Waals surface area contributed by atoms with Gasteiger partial charge in [0, 0.05) is 10.8 Å². The highest BCUT2D eigenvalue weighted by Crippen LogP contribution is 2.30. The standard InChI is InChI=1S/C13H12NP.C2H4/c1-9-6-7-13-11(8-9)10-4-2-3-5-12(10)14(13)15;1-2/h2-8H,15H2,1H3;1-2H2. The number of nitrogens with zero attached hydrogens (tertiary/aromatic N) is 1. The fraction of sp³-hybridized carbons (Fsp3) is 0.0667. The average Bonchev–Trinajstić information content (AvgIpc) is 2.66. The second-order valence-corrected chi connectivity index (χ2v) is 4.42. The van der Waals surface area contributed by atoms with E-state index in [1.54, 1.807) is 0 Å². The van der Waals surface area contributed by atoms with Crippen LogP contribution in [-0.2, 0) is 0 Å². The molecule has 17 heavy (non-hydrogen) atoms. The van der Waals surface area contributed by atoms with Gasteiger partial charge in [-0.3, -0.25) is 0 Å². The van der Waals surface area contributed by atoms with E-state index in [0.717, 1.165) is 0 Å². The molecule has 0 bridgehead atoms. The molecular weight excluding hydrogens is 225 g/mol. The Kier molecular flexibility index (Phi) is 3.31. The van der Waals surface area contributed by atoms with Gasteiger partial charge in [-0.15, -0.1) is 13.2 Å². The van der Waals surface area contributed by atoms with E-state index >= 15 is 0 Å². The summed E-state index contributed by atoms with van der Waals surface area (Å²) in [6.45, 7) is 8.13. The van der Waals surface area contributed by atoms with Gasteiger partial charge in [-0.05, 0) is 34.5 Å². The summed E-state index contributed by atoms with van der Waals surface area (Å²) in [5.41, 5.74) is 3.85. The maximum atomic E-state index is 3.00. The molecule has 0 amide bonds. The van der Waals surface area contributed by atoms with Crippen molar-refractivity contribution in [3.05, 3.63) is 61.2 Å². The third-order valence-electron chi connectivity index (χ3n) is 2.87. The van der Waals surface area contributed by atoms with Crippen molar-refractivity contribution in [2.45, 2.75) is 6.92 Å². The first-order valence-electron chi connectivity index (χ1n) is 5.52. The molecule has 2 aromatic carbocycles. The van der Waals surface area contributed by atoms with Crippen molar-refractivity contribution in [1.82, 2.24) is 4.34 Å². The molecule has 1 aromatic heterocycles. The molecule has 1 unspecified atom stereocenters. The SMILES string of the molecule is C=C.Cc1ccc2c(c1)c1ccccc1n2P. The molecule has 0 aliphatic rings. The Morgan fingerprint density at radius 1 is 0.941 bits per heavy atom. The molecule has 3 aromatic rings. The zero-order valence-electron chi connectivity index (χ0n) is 9.98. The minimum absolute atomic E-state index is 1.27. The van der Waals surface area contributed by atoms with Gasteiger partial charge >= 0.3 is 0 Å². The van der Waals surface area contributed by atoms with Gasteiger partial charge in [-0.1, -0.05) is 29.8 Å². The molecule has 0 radical (unpaired) electrons. The Morgan fingerprint density at radius 2 is 1.59 bits per heavy atom. The third kappa shape index (κ3) is 1.87. The summed E-state index contributed by atoms with van der Waals surface area (Å²) in [6, 6.07) is 15.1. The quantitative estimate of drug-likeness (QED) is 0.402. The van der Waals surface area contributed by atoms with Crippen LogP contribution in [0, 0.1) is 6.92 Å². The fourth-order valence-electron chi connectivity index (χ4n) is 2.12. The lowest BCUT2D eigenvalue weighted by Gasteiger charge is -1.96. The zero-order valence-corrected chi connectivity index (χ0v) is 11.1. The van der Waals surface area contributed by atoms with Crippen molar-refractivity contribution in [2.24, 2.45) is 0 Å². The van der Waals surface area contributed by atoms with Crippen LogP contribution < -0.4 is 0 Å². The predicted octanol–water partition coefficient (Wildman–Crippen LogP) is 4.54. The number of benzene rings is 2. The Hall–Kier alpha value is -1.59. The lowest BCUT2D eigenvalue weighted by molar-refractivity contribution is 1.41. The highest BCUT2D eigenvalue weighted by atomic mass is 31.0. The van der Waals surface area contributed by atoms with Gasteiger partial charge in [-0.2, -0.15) is 0 Å². The highest BCUT2D eigenvalue weighted by molar-refractivity contribution is 7.15. The van der Waals surface area contributed by atoms with Crippen molar-refractivity contribution in [3.63, 3.8) is 0 Å². The molecule has 0 saturated heterocycles. The Bertz CT molecular complexity index is 667. The van der Waals surface area contributed by atoms with E-state index in [2.05, 4.69) is 76.3 Å². The molecule has 86 valence electrons. The number of aromatic nitrogens is 1. The van der Waals surface area contributed by atoms with Crippen LogP contribution in [0.5, 0.6) is 0 Å². The van der Waals surface area contributed by atoms with Crippen molar-refractivity contribution in [3.8, 4) is 0 Å². The minimum atomic E-state index is 1.27. The van der Waals surface area contributed by atoms with E-state index in [0.29, 0.717) is 0 Å². The Balaban J connectivity index is 0.000000514. The number of aryl methyl sites for hydroxylation is 1. The lowest BCUT2D eigenvalue weighted by atomic mass is 10.1. The molecule has 1 nitrogen and oxygen atoms in total. The number of hydrogen-bond acceptors (Lipinski definition) is 0. The highest BCUT2D eigenvalue weighted by Gasteiger charge is 2.06. The summed E-state index contributed by atoms with van der Waals surface area (Å²) in [7, 11) is 2.78. The Morgan fingerprint density at radius 3 is 2.35 bits per heavy atom. The van der Waals surface area contributed by atoms with E-state index in [-0.39, 0.29) is 0 Å². The van der Waals surface area contributed by atoms with Crippen molar-refractivity contribution >= 4 is 31.2 Å². The number of fused-ring (bicyclic) bond motifs is 3. The monoisotopic (exact) mass is 241 g/mol. The van der Waals surface area contributed by atoms with Crippen LogP contribution in [0.15, 0.2) is 55.6 Å². The second-order valence-electron chi connectivity index (χ2n) is 3.91. The van der Waals surface area contributed by atoms with Gasteiger partial charge < -0.3 is 4.34 Å². The Labute approximate surface area is 104 Å². The summed E-state index contributed by atoms with van der Waals surface area (Å²) in [4.78, 5) is 0. The summed E-state index contributed by atoms with van der Waals surface area (Å²) >= 11 is 0. The maximum Gasteiger partial charge on any atom is 0.0521 e. The molecule has 0 spiro atoms. The van der Waals surface area contributed by atoms with Crippen LogP contribution in [-0.4, -0.2) is 4.34 Å². The smallest absolute Gasteiger partial charge is 0.0521 e. The van der Waals surface area contributed by atoms with Crippen LogP contribution in [0.1, 0.15) is 5.56 Å². The minimum Gasteiger partial charge on any atom is -0.325 e. The fourth-order valence-corrected chi connectivity index (χ4v) is 2.57. The van der Waals surface area contributed by atoms with Crippen LogP contribution in [0.25, 0.3) is 21.8 Å². The van der Waals surface area contributed by atoms with Gasteiger partial charge in [0.2, 0.25) is 0 Å². The predicted molar refractivity (Wildman–Crippen MR) is 80.5 cm³/mol. The zero-order chi connectivity index (χ0) is 12.4. The van der Waals surface area contributed by atoms with Gasteiger partial charge in [0.25, 0.3) is 0 Å². The maximum absolute atomic E-state index is 3.00. The average molecular weight is 241 g/mol. The molecule has 1 heterocycles. The molecule has 0 aliphatic heterocycles. The lowest BCUT2D eigenvalue weighted by Crippen LogP contribution is -1.77. The molecule has 0 fully saturated rings. The van der Waals surface area contributed by atoms with Gasteiger partial charge in [-0.25, -0.2) is 0 Å². The second kappa shape index (κ2) is 4.73. The summed E-state index contributed by atoms with van der Waals surface area (Å²) in [6.07, 6.45) is 0. The molecule has 0 N–H and O–H groups in total. The number of hydrogen-bond donors (Lipinski definition) is 0. The third-order valence-corrected chi connectivity index (χ3v) is 3.42. The first-order valence-corrected chi connectivity index (χ1v) is 6.04. The topological polar surface area (TPSA) is 4.93 Å². The summed E-state index contributed by atoms with van der Waals surface area (Å²) in [5, 5.41) is 2.66. The molecule has 0 aliphatic carbocycles. The first kappa shape index (κ1) is 11.9. The van der Waals surface area contributed by atoms with Gasteiger partial charge in [0.05, 0.1) is 11.0 Å². The van der Waals surface area contributed by atoms with Crippen LogP contribution in [0.2, 0.25) is 0 Å². The molecule has 3 rings (SSSR count). The van der Waals surface area contributed by atoms with Crippen LogP contribution >= 0.6 is 9.39 Å².